The molecule has 0 radical (unpaired) electrons. The molecule has 0 aliphatic carbocycles. The van der Waals surface area contributed by atoms with Crippen LogP contribution in [-0.2, 0) is 4.74 Å². The molecule has 0 saturated carbocycles. The zero-order valence-electron chi connectivity index (χ0n) is 25.3. The molecule has 1 fully saturated rings. The van der Waals surface area contributed by atoms with Crippen LogP contribution in [-0.4, -0.2) is 55.6 Å². The number of carbonyl (C=O) groups is 1. The molecule has 1 saturated heterocycles. The Morgan fingerprint density at radius 2 is 1.80 bits per heavy atom. The highest BCUT2D eigenvalue weighted by atomic mass is 19.1. The Morgan fingerprint density at radius 1 is 1.00 bits per heavy atom. The molecule has 1 amide bonds. The van der Waals surface area contributed by atoms with Crippen LogP contribution < -0.4 is 5.32 Å². The third-order valence-corrected chi connectivity index (χ3v) is 7.79. The number of anilines is 1. The van der Waals surface area contributed by atoms with Crippen molar-refractivity contribution >= 4 is 22.8 Å². The first kappa shape index (κ1) is 29.3. The van der Waals surface area contributed by atoms with E-state index in [0.717, 1.165) is 52.4 Å². The summed E-state index contributed by atoms with van der Waals surface area (Å²) in [6, 6.07) is 15.7. The van der Waals surface area contributed by atoms with Crippen LogP contribution in [0.2, 0.25) is 0 Å². The van der Waals surface area contributed by atoms with Gasteiger partial charge in [-0.05, 0) is 94.1 Å². The van der Waals surface area contributed by atoms with E-state index >= 15 is 0 Å². The van der Waals surface area contributed by atoms with E-state index in [-0.39, 0.29) is 12.1 Å². The van der Waals surface area contributed by atoms with Gasteiger partial charge in [0.15, 0.2) is 0 Å². The number of aromatic nitrogens is 4. The summed E-state index contributed by atoms with van der Waals surface area (Å²) in [4.78, 5) is 18.9. The molecule has 2 aromatic heterocycles. The van der Waals surface area contributed by atoms with E-state index in [9.17, 15) is 13.6 Å². The van der Waals surface area contributed by atoms with Crippen LogP contribution in [0.1, 0.15) is 46.6 Å². The maximum absolute atomic E-state index is 14.7. The minimum absolute atomic E-state index is 0.203. The number of fused-ring (bicyclic) bond motifs is 1. The molecule has 6 rings (SSSR count). The molecular formula is C34H36F2N6O2. The van der Waals surface area contributed by atoms with E-state index in [1.165, 1.54) is 12.1 Å². The minimum atomic E-state index is -0.612. The van der Waals surface area contributed by atoms with Crippen molar-refractivity contribution in [2.45, 2.75) is 52.2 Å². The first-order valence-electron chi connectivity index (χ1n) is 14.9. The van der Waals surface area contributed by atoms with Gasteiger partial charge in [0.2, 0.25) is 0 Å². The van der Waals surface area contributed by atoms with Gasteiger partial charge < -0.3 is 15.0 Å². The summed E-state index contributed by atoms with van der Waals surface area (Å²) < 4.78 is 37.8. The molecule has 44 heavy (non-hydrogen) atoms. The SMILES string of the molecule is CCNc1cc(-c2ccc(F)cc2F)cc(-n2cnc3cc(-c4cnn(C5CCN(C(=O)OC(C)(C)C)CC5)c4)ccc32)c1. The van der Waals surface area contributed by atoms with Crippen molar-refractivity contribution in [1.82, 2.24) is 24.2 Å². The lowest BCUT2D eigenvalue weighted by Crippen LogP contribution is -2.42. The fourth-order valence-electron chi connectivity index (χ4n) is 5.66. The Balaban J connectivity index is 1.23. The minimum Gasteiger partial charge on any atom is -0.444 e. The molecule has 1 aliphatic rings. The molecule has 10 heteroatoms. The van der Waals surface area contributed by atoms with E-state index < -0.39 is 17.2 Å². The van der Waals surface area contributed by atoms with Gasteiger partial charge in [-0.2, -0.15) is 5.10 Å². The van der Waals surface area contributed by atoms with Crippen molar-refractivity contribution < 1.29 is 18.3 Å². The zero-order chi connectivity index (χ0) is 31.0. The van der Waals surface area contributed by atoms with Crippen LogP contribution in [0.25, 0.3) is 39.0 Å². The number of likely N-dealkylation sites (tertiary alicyclic amines) is 1. The number of amides is 1. The fourth-order valence-corrected chi connectivity index (χ4v) is 5.66. The topological polar surface area (TPSA) is 77.2 Å². The number of hydrogen-bond donors (Lipinski definition) is 1. The molecule has 1 N–H and O–H groups in total. The Kier molecular flexibility index (Phi) is 7.84. The molecule has 1 aliphatic heterocycles. The number of rotatable bonds is 6. The van der Waals surface area contributed by atoms with E-state index in [4.69, 9.17) is 4.74 Å². The van der Waals surface area contributed by atoms with Gasteiger partial charge in [-0.3, -0.25) is 9.25 Å². The van der Waals surface area contributed by atoms with Crippen molar-refractivity contribution in [3.63, 3.8) is 0 Å². The van der Waals surface area contributed by atoms with E-state index in [0.29, 0.717) is 30.8 Å². The number of carbonyl (C=O) groups excluding carboxylic acids is 1. The summed E-state index contributed by atoms with van der Waals surface area (Å²) in [5.41, 5.74) is 5.78. The van der Waals surface area contributed by atoms with Gasteiger partial charge >= 0.3 is 6.09 Å². The summed E-state index contributed by atoms with van der Waals surface area (Å²) in [5, 5.41) is 7.96. The lowest BCUT2D eigenvalue weighted by atomic mass is 10.0. The number of nitrogens with one attached hydrogen (secondary N) is 1. The van der Waals surface area contributed by atoms with Crippen LogP contribution in [0.5, 0.6) is 0 Å². The first-order chi connectivity index (χ1) is 21.1. The predicted octanol–water partition coefficient (Wildman–Crippen LogP) is 7.84. The standard InChI is InChI=1S/C34H36F2N6O2/c1-5-37-26-14-23(29-8-7-25(35)17-30(29)36)15-28(18-26)41-21-38-31-16-22(6-9-32(31)41)24-19-39-42(20-24)27-10-12-40(13-11-27)33(43)44-34(2,3)4/h6-9,14-21,27,37H,5,10-13H2,1-4H3. The number of nitrogens with zero attached hydrogens (tertiary/aromatic N) is 5. The highest BCUT2D eigenvalue weighted by Gasteiger charge is 2.28. The molecule has 3 aromatic carbocycles. The number of piperidine rings is 1. The molecule has 5 aromatic rings. The lowest BCUT2D eigenvalue weighted by molar-refractivity contribution is 0.0185. The summed E-state index contributed by atoms with van der Waals surface area (Å²) in [6.07, 6.45) is 7.01. The van der Waals surface area contributed by atoms with E-state index in [1.54, 1.807) is 11.2 Å². The number of hydrogen-bond acceptors (Lipinski definition) is 5. The van der Waals surface area contributed by atoms with Crippen molar-refractivity contribution in [3.05, 3.63) is 85.0 Å². The zero-order valence-corrected chi connectivity index (χ0v) is 25.3. The first-order valence-corrected chi connectivity index (χ1v) is 14.9. The molecule has 0 atom stereocenters. The molecule has 8 nitrogen and oxygen atoms in total. The Bertz CT molecular complexity index is 1810. The second-order valence-corrected chi connectivity index (χ2v) is 12.1. The monoisotopic (exact) mass is 598 g/mol. The molecule has 0 unspecified atom stereocenters. The average Bonchev–Trinajstić information content (AvgIpc) is 3.64. The fraction of sp³-hybridized carbons (Fsp3) is 0.324. The maximum Gasteiger partial charge on any atom is 0.410 e. The largest absolute Gasteiger partial charge is 0.444 e. The second kappa shape index (κ2) is 11.7. The molecule has 3 heterocycles. The second-order valence-electron chi connectivity index (χ2n) is 12.1. The van der Waals surface area contributed by atoms with Gasteiger partial charge in [0, 0.05) is 54.4 Å². The smallest absolute Gasteiger partial charge is 0.410 e. The number of halogens is 2. The third-order valence-electron chi connectivity index (χ3n) is 7.79. The van der Waals surface area contributed by atoms with Crippen LogP contribution in [0.3, 0.4) is 0 Å². The predicted molar refractivity (Wildman–Crippen MR) is 168 cm³/mol. The van der Waals surface area contributed by atoms with Crippen LogP contribution in [0, 0.1) is 11.6 Å². The van der Waals surface area contributed by atoms with Crippen molar-refractivity contribution in [3.8, 4) is 27.9 Å². The molecule has 0 spiro atoms. The number of ether oxygens (including phenoxy) is 1. The Hall–Kier alpha value is -4.73. The van der Waals surface area contributed by atoms with Gasteiger partial charge in [0.25, 0.3) is 0 Å². The van der Waals surface area contributed by atoms with E-state index in [2.05, 4.69) is 21.6 Å². The normalized spacial score (nSPS) is 14.3. The Morgan fingerprint density at radius 3 is 2.52 bits per heavy atom. The van der Waals surface area contributed by atoms with Gasteiger partial charge in [-0.1, -0.05) is 6.07 Å². The van der Waals surface area contributed by atoms with Gasteiger partial charge in [-0.25, -0.2) is 18.6 Å². The summed E-state index contributed by atoms with van der Waals surface area (Å²) in [6.45, 7) is 9.57. The van der Waals surface area contributed by atoms with Gasteiger partial charge in [0.05, 0.1) is 23.3 Å². The number of benzene rings is 3. The van der Waals surface area contributed by atoms with Crippen LogP contribution >= 0.6 is 0 Å². The van der Waals surface area contributed by atoms with Crippen molar-refractivity contribution in [1.29, 1.82) is 0 Å². The lowest BCUT2D eigenvalue weighted by Gasteiger charge is -2.33. The highest BCUT2D eigenvalue weighted by molar-refractivity contribution is 5.84. The molecular weight excluding hydrogens is 562 g/mol. The number of imidazole rings is 1. The molecule has 228 valence electrons. The van der Waals surface area contributed by atoms with Crippen LogP contribution in [0.15, 0.2) is 73.3 Å². The van der Waals surface area contributed by atoms with Crippen molar-refractivity contribution in [2.75, 3.05) is 25.0 Å². The molecule has 0 bridgehead atoms. The van der Waals surface area contributed by atoms with E-state index in [1.807, 2.05) is 79.5 Å². The third kappa shape index (κ3) is 6.15. The summed E-state index contributed by atoms with van der Waals surface area (Å²) in [5.74, 6) is -1.22. The maximum atomic E-state index is 14.7. The van der Waals surface area contributed by atoms with Crippen molar-refractivity contribution in [2.24, 2.45) is 0 Å². The highest BCUT2D eigenvalue weighted by Crippen LogP contribution is 2.32. The van der Waals surface area contributed by atoms with Crippen LogP contribution in [0.4, 0.5) is 19.3 Å². The van der Waals surface area contributed by atoms with Gasteiger partial charge in [-0.15, -0.1) is 0 Å². The summed E-state index contributed by atoms with van der Waals surface area (Å²) >= 11 is 0. The summed E-state index contributed by atoms with van der Waals surface area (Å²) in [7, 11) is 0. The van der Waals surface area contributed by atoms with Gasteiger partial charge in [0.1, 0.15) is 23.6 Å². The quantitative estimate of drug-likeness (QED) is 0.216. The average molecular weight is 599 g/mol. The Labute approximate surface area is 255 Å².